The molecule has 5 nitrogen and oxygen atoms in total. The summed E-state index contributed by atoms with van der Waals surface area (Å²) in [5.41, 5.74) is 0.863. The molecule has 2 aliphatic rings. The maximum atomic E-state index is 12.5. The van der Waals surface area contributed by atoms with Gasteiger partial charge in [-0.3, -0.25) is 9.59 Å². The number of benzene rings is 1. The van der Waals surface area contributed by atoms with Gasteiger partial charge in [-0.25, -0.2) is 0 Å². The van der Waals surface area contributed by atoms with Crippen molar-refractivity contribution in [3.05, 3.63) is 29.8 Å². The molecule has 0 aromatic heterocycles. The molecule has 160 valence electrons. The minimum absolute atomic E-state index is 0.111. The lowest BCUT2D eigenvalue weighted by molar-refractivity contribution is -0.136. The zero-order chi connectivity index (χ0) is 21.0. The van der Waals surface area contributed by atoms with E-state index in [1.54, 1.807) is 0 Å². The zero-order valence-corrected chi connectivity index (χ0v) is 18.4. The molecule has 2 amide bonds. The van der Waals surface area contributed by atoms with Crippen molar-refractivity contribution in [3.63, 3.8) is 0 Å². The van der Waals surface area contributed by atoms with Crippen molar-refractivity contribution in [1.29, 1.82) is 0 Å². The number of likely N-dealkylation sites (tertiary alicyclic amines) is 1. The number of carbonyl (C=O) groups is 2. The fourth-order valence-corrected chi connectivity index (χ4v) is 4.49. The summed E-state index contributed by atoms with van der Waals surface area (Å²) in [6.07, 6.45) is 3.59. The van der Waals surface area contributed by atoms with Gasteiger partial charge >= 0.3 is 0 Å². The predicted molar refractivity (Wildman–Crippen MR) is 115 cm³/mol. The summed E-state index contributed by atoms with van der Waals surface area (Å²) in [7, 11) is 0. The molecule has 29 heavy (non-hydrogen) atoms. The standard InChI is InChI=1S/C24H36N2O3/c1-17(2)13-23(28)26-11-9-24(10-12-26)15-19(14-22(27)25-16-18(3)4)20-7-5-6-8-21(20)29-24/h5-8,17-19H,9-16H2,1-4H3,(H,25,27)/t19-/m0/s1. The van der Waals surface area contributed by atoms with Gasteiger partial charge in [0.15, 0.2) is 0 Å². The summed E-state index contributed by atoms with van der Waals surface area (Å²) in [6.45, 7) is 10.6. The third-order valence-corrected chi connectivity index (χ3v) is 6.05. The predicted octanol–water partition coefficient (Wildman–Crippen LogP) is 4.12. The van der Waals surface area contributed by atoms with Crippen LogP contribution in [0.5, 0.6) is 5.75 Å². The van der Waals surface area contributed by atoms with Crippen LogP contribution in [0.4, 0.5) is 0 Å². The van der Waals surface area contributed by atoms with E-state index in [1.807, 2.05) is 23.1 Å². The molecule has 0 saturated carbocycles. The Morgan fingerprint density at radius 3 is 2.48 bits per heavy atom. The van der Waals surface area contributed by atoms with E-state index in [2.05, 4.69) is 39.1 Å². The van der Waals surface area contributed by atoms with E-state index in [0.29, 0.717) is 31.2 Å². The molecule has 1 aromatic carbocycles. The van der Waals surface area contributed by atoms with Crippen molar-refractivity contribution in [3.8, 4) is 5.75 Å². The molecule has 0 unspecified atom stereocenters. The molecule has 2 aliphatic heterocycles. The number of hydrogen-bond acceptors (Lipinski definition) is 3. The quantitative estimate of drug-likeness (QED) is 0.781. The van der Waals surface area contributed by atoms with Gasteiger partial charge in [-0.15, -0.1) is 0 Å². The van der Waals surface area contributed by atoms with Crippen molar-refractivity contribution in [2.75, 3.05) is 19.6 Å². The molecule has 0 bridgehead atoms. The van der Waals surface area contributed by atoms with Gasteiger partial charge in [0.2, 0.25) is 11.8 Å². The average molecular weight is 401 g/mol. The van der Waals surface area contributed by atoms with Crippen molar-refractivity contribution < 1.29 is 14.3 Å². The van der Waals surface area contributed by atoms with Crippen LogP contribution in [0.25, 0.3) is 0 Å². The smallest absolute Gasteiger partial charge is 0.222 e. The number of nitrogens with zero attached hydrogens (tertiary/aromatic N) is 1. The van der Waals surface area contributed by atoms with E-state index >= 15 is 0 Å². The molecular weight excluding hydrogens is 364 g/mol. The molecule has 5 heteroatoms. The molecule has 1 spiro atoms. The Morgan fingerprint density at radius 1 is 1.14 bits per heavy atom. The highest BCUT2D eigenvalue weighted by Gasteiger charge is 2.44. The number of rotatable bonds is 6. The van der Waals surface area contributed by atoms with E-state index in [4.69, 9.17) is 4.74 Å². The molecule has 3 rings (SSSR count). The Hall–Kier alpha value is -2.04. The number of carbonyl (C=O) groups excluding carboxylic acids is 2. The highest BCUT2D eigenvalue weighted by Crippen LogP contribution is 2.46. The van der Waals surface area contributed by atoms with E-state index in [1.165, 1.54) is 0 Å². The number of nitrogens with one attached hydrogen (secondary N) is 1. The Morgan fingerprint density at radius 2 is 1.83 bits per heavy atom. The van der Waals surface area contributed by atoms with Crippen LogP contribution in [0.3, 0.4) is 0 Å². The lowest BCUT2D eigenvalue weighted by Gasteiger charge is -2.47. The van der Waals surface area contributed by atoms with Crippen molar-refractivity contribution in [2.24, 2.45) is 11.8 Å². The third kappa shape index (κ3) is 5.52. The number of para-hydroxylation sites is 1. The molecular formula is C24H36N2O3. The van der Waals surface area contributed by atoms with Gasteiger partial charge in [-0.2, -0.15) is 0 Å². The summed E-state index contributed by atoms with van der Waals surface area (Å²) in [6, 6.07) is 8.12. The SMILES string of the molecule is CC(C)CNC(=O)C[C@H]1CC2(CCN(C(=O)CC(C)C)CC2)Oc2ccccc21. The van der Waals surface area contributed by atoms with Crippen LogP contribution < -0.4 is 10.1 Å². The summed E-state index contributed by atoms with van der Waals surface area (Å²) in [4.78, 5) is 27.0. The van der Waals surface area contributed by atoms with E-state index < -0.39 is 0 Å². The number of amides is 2. The first-order valence-corrected chi connectivity index (χ1v) is 11.1. The second-order valence-electron chi connectivity index (χ2n) is 9.60. The second kappa shape index (κ2) is 9.19. The summed E-state index contributed by atoms with van der Waals surface area (Å²) >= 11 is 0. The highest BCUT2D eigenvalue weighted by atomic mass is 16.5. The topological polar surface area (TPSA) is 58.6 Å². The minimum atomic E-state index is -0.272. The molecule has 1 N–H and O–H groups in total. The van der Waals surface area contributed by atoms with Gasteiger partial charge in [0.25, 0.3) is 0 Å². The fraction of sp³-hybridized carbons (Fsp3) is 0.667. The van der Waals surface area contributed by atoms with Crippen LogP contribution in [0.2, 0.25) is 0 Å². The Kier molecular flexibility index (Phi) is 6.86. The van der Waals surface area contributed by atoms with Crippen molar-refractivity contribution in [2.45, 2.75) is 71.3 Å². The minimum Gasteiger partial charge on any atom is -0.487 e. The Bertz CT molecular complexity index is 721. The highest BCUT2D eigenvalue weighted by molar-refractivity contribution is 5.77. The number of fused-ring (bicyclic) bond motifs is 1. The lowest BCUT2D eigenvalue weighted by Crippen LogP contribution is -2.52. The van der Waals surface area contributed by atoms with Crippen LogP contribution in [-0.2, 0) is 9.59 Å². The van der Waals surface area contributed by atoms with Crippen LogP contribution in [0, 0.1) is 11.8 Å². The number of ether oxygens (including phenoxy) is 1. The van der Waals surface area contributed by atoms with Gasteiger partial charge in [0.1, 0.15) is 11.4 Å². The normalized spacial score (nSPS) is 20.5. The summed E-state index contributed by atoms with van der Waals surface area (Å²) < 4.78 is 6.51. The summed E-state index contributed by atoms with van der Waals surface area (Å²) in [5.74, 6) is 2.24. The van der Waals surface area contributed by atoms with Gasteiger partial charge in [0, 0.05) is 51.2 Å². The van der Waals surface area contributed by atoms with Crippen LogP contribution >= 0.6 is 0 Å². The molecule has 1 atom stereocenters. The van der Waals surface area contributed by atoms with Gasteiger partial charge in [-0.05, 0) is 29.9 Å². The van der Waals surface area contributed by atoms with Gasteiger partial charge in [0.05, 0.1) is 0 Å². The first-order chi connectivity index (χ1) is 13.8. The molecule has 1 fully saturated rings. The third-order valence-electron chi connectivity index (χ3n) is 6.05. The molecule has 1 aromatic rings. The first kappa shape index (κ1) is 21.7. The Balaban J connectivity index is 1.69. The second-order valence-corrected chi connectivity index (χ2v) is 9.60. The van der Waals surface area contributed by atoms with Crippen LogP contribution in [-0.4, -0.2) is 41.9 Å². The fourth-order valence-electron chi connectivity index (χ4n) is 4.49. The van der Waals surface area contributed by atoms with Crippen molar-refractivity contribution >= 4 is 11.8 Å². The van der Waals surface area contributed by atoms with E-state index in [9.17, 15) is 9.59 Å². The lowest BCUT2D eigenvalue weighted by atomic mass is 9.76. The molecule has 1 saturated heterocycles. The average Bonchev–Trinajstić information content (AvgIpc) is 2.66. The molecule has 0 aliphatic carbocycles. The van der Waals surface area contributed by atoms with Crippen LogP contribution in [0.15, 0.2) is 24.3 Å². The first-order valence-electron chi connectivity index (χ1n) is 11.1. The van der Waals surface area contributed by atoms with E-state index in [0.717, 1.165) is 43.7 Å². The monoisotopic (exact) mass is 400 g/mol. The van der Waals surface area contributed by atoms with Crippen LogP contribution in [0.1, 0.15) is 71.3 Å². The largest absolute Gasteiger partial charge is 0.487 e. The van der Waals surface area contributed by atoms with E-state index in [-0.39, 0.29) is 23.3 Å². The molecule has 2 heterocycles. The number of hydrogen-bond donors (Lipinski definition) is 1. The van der Waals surface area contributed by atoms with Gasteiger partial charge < -0.3 is 15.0 Å². The Labute approximate surface area is 175 Å². The summed E-state index contributed by atoms with van der Waals surface area (Å²) in [5, 5.41) is 3.06. The maximum Gasteiger partial charge on any atom is 0.222 e. The number of piperidine rings is 1. The van der Waals surface area contributed by atoms with Gasteiger partial charge in [-0.1, -0.05) is 45.9 Å². The van der Waals surface area contributed by atoms with Crippen molar-refractivity contribution in [1.82, 2.24) is 10.2 Å². The maximum absolute atomic E-state index is 12.5. The molecule has 0 radical (unpaired) electrons. The zero-order valence-electron chi connectivity index (χ0n) is 18.4.